The number of carbonyl (C=O) groups excluding carboxylic acids is 1. The molecule has 1 spiro atoms. The molecule has 2 aliphatic rings. The minimum Gasteiger partial charge on any atom is -0.360 e. The van der Waals surface area contributed by atoms with Crippen LogP contribution in [0.4, 0.5) is 5.82 Å². The highest BCUT2D eigenvalue weighted by Crippen LogP contribution is 2.39. The Morgan fingerprint density at radius 1 is 1.15 bits per heavy atom. The largest absolute Gasteiger partial charge is 0.360 e. The molecule has 1 unspecified atom stereocenters. The van der Waals surface area contributed by atoms with Crippen LogP contribution in [0, 0.1) is 0 Å². The van der Waals surface area contributed by atoms with Gasteiger partial charge in [0.05, 0.1) is 6.20 Å². The quantitative estimate of drug-likeness (QED) is 0.827. The van der Waals surface area contributed by atoms with E-state index < -0.39 is 0 Å². The fourth-order valence-electron chi connectivity index (χ4n) is 4.44. The number of hydrogen-bond donors (Lipinski definition) is 0. The Bertz CT molecular complexity index is 791. The van der Waals surface area contributed by atoms with Crippen molar-refractivity contribution >= 4 is 11.7 Å². The van der Waals surface area contributed by atoms with E-state index in [2.05, 4.69) is 24.9 Å². The van der Waals surface area contributed by atoms with Crippen LogP contribution in [0.25, 0.3) is 0 Å². The average Bonchev–Trinajstić information content (AvgIpc) is 3.27. The van der Waals surface area contributed by atoms with E-state index in [1.165, 1.54) is 0 Å². The predicted molar refractivity (Wildman–Crippen MR) is 102 cm³/mol. The van der Waals surface area contributed by atoms with Crippen LogP contribution in [0.2, 0.25) is 0 Å². The van der Waals surface area contributed by atoms with Gasteiger partial charge in [-0.2, -0.15) is 0 Å². The zero-order chi connectivity index (χ0) is 18.9. The fourth-order valence-corrected chi connectivity index (χ4v) is 4.44. The normalized spacial score (nSPS) is 23.2. The van der Waals surface area contributed by atoms with E-state index in [1.807, 2.05) is 26.1 Å². The van der Waals surface area contributed by atoms with Gasteiger partial charge in [-0.05, 0) is 32.1 Å². The molecule has 2 fully saturated rings. The molecular weight excluding hydrogens is 342 g/mol. The van der Waals surface area contributed by atoms with E-state index in [4.69, 9.17) is 4.52 Å². The lowest BCUT2D eigenvalue weighted by Crippen LogP contribution is -2.48. The Morgan fingerprint density at radius 2 is 1.96 bits per heavy atom. The van der Waals surface area contributed by atoms with Crippen molar-refractivity contribution in [3.8, 4) is 0 Å². The number of amides is 1. The van der Waals surface area contributed by atoms with Gasteiger partial charge in [0, 0.05) is 49.6 Å². The zero-order valence-electron chi connectivity index (χ0n) is 16.1. The SMILES string of the molecule is CC(C)c1cc(C(=O)N2CCCC23CCCN(c2cnccn2)CC3)no1. The third kappa shape index (κ3) is 3.42. The van der Waals surface area contributed by atoms with Gasteiger partial charge in [-0.3, -0.25) is 9.78 Å². The van der Waals surface area contributed by atoms with Crippen LogP contribution in [0.1, 0.15) is 68.1 Å². The number of nitrogens with zero attached hydrogens (tertiary/aromatic N) is 5. The van der Waals surface area contributed by atoms with Crippen molar-refractivity contribution in [3.63, 3.8) is 0 Å². The summed E-state index contributed by atoms with van der Waals surface area (Å²) < 4.78 is 5.36. The smallest absolute Gasteiger partial charge is 0.276 e. The van der Waals surface area contributed by atoms with E-state index in [0.29, 0.717) is 5.69 Å². The van der Waals surface area contributed by atoms with Crippen molar-refractivity contribution in [2.75, 3.05) is 24.5 Å². The molecule has 1 atom stereocenters. The predicted octanol–water partition coefficient (Wildman–Crippen LogP) is 3.25. The first-order valence-electron chi connectivity index (χ1n) is 9.89. The molecule has 0 aromatic carbocycles. The third-order valence-electron chi connectivity index (χ3n) is 5.95. The number of aromatic nitrogens is 3. The van der Waals surface area contributed by atoms with Gasteiger partial charge in [-0.25, -0.2) is 4.98 Å². The summed E-state index contributed by atoms with van der Waals surface area (Å²) in [6, 6.07) is 1.81. The second kappa shape index (κ2) is 7.29. The molecule has 2 aromatic heterocycles. The second-order valence-corrected chi connectivity index (χ2v) is 7.96. The Kier molecular flexibility index (Phi) is 4.85. The fraction of sp³-hybridized carbons (Fsp3) is 0.600. The second-order valence-electron chi connectivity index (χ2n) is 7.96. The van der Waals surface area contributed by atoms with Crippen molar-refractivity contribution < 1.29 is 9.32 Å². The lowest BCUT2D eigenvalue weighted by atomic mass is 9.87. The first kappa shape index (κ1) is 17.9. The number of hydrogen-bond acceptors (Lipinski definition) is 6. The highest BCUT2D eigenvalue weighted by molar-refractivity contribution is 5.93. The zero-order valence-corrected chi connectivity index (χ0v) is 16.1. The molecule has 7 nitrogen and oxygen atoms in total. The van der Waals surface area contributed by atoms with Crippen LogP contribution in [-0.2, 0) is 0 Å². The van der Waals surface area contributed by atoms with Crippen LogP contribution in [0.3, 0.4) is 0 Å². The molecule has 1 amide bonds. The lowest BCUT2D eigenvalue weighted by molar-refractivity contribution is 0.0555. The van der Waals surface area contributed by atoms with E-state index in [-0.39, 0.29) is 17.4 Å². The van der Waals surface area contributed by atoms with Crippen molar-refractivity contribution in [2.24, 2.45) is 0 Å². The molecule has 4 heterocycles. The Balaban J connectivity index is 1.52. The van der Waals surface area contributed by atoms with Gasteiger partial charge in [0.25, 0.3) is 5.91 Å². The number of anilines is 1. The number of carbonyl (C=O) groups is 1. The van der Waals surface area contributed by atoms with E-state index >= 15 is 0 Å². The molecule has 2 saturated heterocycles. The van der Waals surface area contributed by atoms with Crippen LogP contribution >= 0.6 is 0 Å². The molecule has 0 aliphatic carbocycles. The average molecular weight is 369 g/mol. The highest BCUT2D eigenvalue weighted by atomic mass is 16.5. The minimum atomic E-state index is -0.0784. The highest BCUT2D eigenvalue weighted by Gasteiger charge is 2.45. The third-order valence-corrected chi connectivity index (χ3v) is 5.95. The molecule has 27 heavy (non-hydrogen) atoms. The van der Waals surface area contributed by atoms with Crippen LogP contribution in [0.15, 0.2) is 29.2 Å². The summed E-state index contributed by atoms with van der Waals surface area (Å²) in [5.41, 5.74) is 0.361. The van der Waals surface area contributed by atoms with Crippen LogP contribution in [-0.4, -0.2) is 51.1 Å². The summed E-state index contributed by atoms with van der Waals surface area (Å²) in [6.07, 6.45) is 10.4. The molecule has 4 rings (SSSR count). The van der Waals surface area contributed by atoms with Gasteiger partial charge in [-0.15, -0.1) is 0 Å². The van der Waals surface area contributed by atoms with Crippen molar-refractivity contribution in [1.29, 1.82) is 0 Å². The van der Waals surface area contributed by atoms with Gasteiger partial charge in [0.1, 0.15) is 11.6 Å². The standard InChI is InChI=1S/C20H27N5O2/c1-15(2)17-13-16(23-27-17)19(26)25-11-4-6-20(25)5-3-10-24(12-7-20)18-14-21-8-9-22-18/h8-9,13-15H,3-7,10-12H2,1-2H3. The van der Waals surface area contributed by atoms with E-state index in [9.17, 15) is 4.79 Å². The molecular formula is C20H27N5O2. The molecule has 2 aliphatic heterocycles. The summed E-state index contributed by atoms with van der Waals surface area (Å²) in [5, 5.41) is 4.05. The topological polar surface area (TPSA) is 75.4 Å². The van der Waals surface area contributed by atoms with Gasteiger partial charge in [0.2, 0.25) is 0 Å². The molecule has 7 heteroatoms. The monoisotopic (exact) mass is 369 g/mol. The number of likely N-dealkylation sites (tertiary alicyclic amines) is 1. The summed E-state index contributed by atoms with van der Waals surface area (Å²) in [5.74, 6) is 1.92. The summed E-state index contributed by atoms with van der Waals surface area (Å²) in [6.45, 7) is 6.72. The first-order chi connectivity index (χ1) is 13.1. The van der Waals surface area contributed by atoms with E-state index in [0.717, 1.165) is 63.3 Å². The van der Waals surface area contributed by atoms with Gasteiger partial charge in [0.15, 0.2) is 5.69 Å². The van der Waals surface area contributed by atoms with Crippen molar-refractivity contribution in [1.82, 2.24) is 20.0 Å². The maximum absolute atomic E-state index is 13.2. The number of rotatable bonds is 3. The molecule has 2 aromatic rings. The molecule has 0 radical (unpaired) electrons. The molecule has 0 N–H and O–H groups in total. The van der Waals surface area contributed by atoms with Crippen LogP contribution < -0.4 is 4.90 Å². The maximum Gasteiger partial charge on any atom is 0.276 e. The molecule has 144 valence electrons. The summed E-state index contributed by atoms with van der Waals surface area (Å²) in [7, 11) is 0. The molecule has 0 bridgehead atoms. The van der Waals surface area contributed by atoms with Gasteiger partial charge >= 0.3 is 0 Å². The summed E-state index contributed by atoms with van der Waals surface area (Å²) in [4.78, 5) is 26.2. The Labute approximate surface area is 159 Å². The lowest BCUT2D eigenvalue weighted by Gasteiger charge is -2.37. The van der Waals surface area contributed by atoms with E-state index in [1.54, 1.807) is 12.4 Å². The summed E-state index contributed by atoms with van der Waals surface area (Å²) >= 11 is 0. The maximum atomic E-state index is 13.2. The Morgan fingerprint density at radius 3 is 2.67 bits per heavy atom. The molecule has 0 saturated carbocycles. The van der Waals surface area contributed by atoms with Crippen molar-refractivity contribution in [3.05, 3.63) is 36.1 Å². The van der Waals surface area contributed by atoms with Crippen molar-refractivity contribution in [2.45, 2.75) is 57.4 Å². The van der Waals surface area contributed by atoms with Gasteiger partial charge in [-0.1, -0.05) is 19.0 Å². The minimum absolute atomic E-state index is 0.0103. The Hall–Kier alpha value is -2.44. The first-order valence-corrected chi connectivity index (χ1v) is 9.89. The van der Waals surface area contributed by atoms with Gasteiger partial charge < -0.3 is 14.3 Å². The van der Waals surface area contributed by atoms with Crippen LogP contribution in [0.5, 0.6) is 0 Å².